The van der Waals surface area contributed by atoms with Crippen molar-refractivity contribution >= 4 is 11.9 Å². The van der Waals surface area contributed by atoms with Gasteiger partial charge in [-0.3, -0.25) is 9.59 Å². The SMILES string of the molecule is CCC/C=C\C/C=C\CCCCCCCC(=O)OC(CCCCCCCC)CCCCCCCC(=O)O. The van der Waals surface area contributed by atoms with Gasteiger partial charge in [0.15, 0.2) is 0 Å². The van der Waals surface area contributed by atoms with Crippen LogP contribution in [-0.2, 0) is 14.3 Å². The Balaban J connectivity index is 3.99. The number of hydrogen-bond donors (Lipinski definition) is 1. The topological polar surface area (TPSA) is 63.6 Å². The van der Waals surface area contributed by atoms with Gasteiger partial charge in [0.05, 0.1) is 0 Å². The van der Waals surface area contributed by atoms with Gasteiger partial charge in [0.1, 0.15) is 6.10 Å². The molecule has 0 aromatic carbocycles. The summed E-state index contributed by atoms with van der Waals surface area (Å²) in [5.41, 5.74) is 0. The second-order valence-electron chi connectivity index (χ2n) is 10.6. The largest absolute Gasteiger partial charge is 0.481 e. The zero-order valence-electron chi connectivity index (χ0n) is 24.5. The third kappa shape index (κ3) is 28.8. The monoisotopic (exact) mass is 520 g/mol. The molecule has 0 aromatic heterocycles. The van der Waals surface area contributed by atoms with Crippen LogP contribution in [0, 0.1) is 0 Å². The average Bonchev–Trinajstić information content (AvgIpc) is 2.87. The Labute approximate surface area is 229 Å². The Morgan fingerprint density at radius 2 is 1.11 bits per heavy atom. The standard InChI is InChI=1S/C33H60O4/c1-3-5-7-9-11-12-13-14-15-16-17-22-26-30-33(36)37-31(27-23-19-10-8-6-4-2)28-24-20-18-21-25-29-32(34)35/h7,9,12-13,31H,3-6,8,10-11,14-30H2,1-2H3,(H,34,35)/b9-7-,13-12-. The molecule has 216 valence electrons. The Hall–Kier alpha value is -1.58. The first-order valence-corrected chi connectivity index (χ1v) is 15.8. The molecule has 0 saturated carbocycles. The van der Waals surface area contributed by atoms with Crippen molar-refractivity contribution in [3.63, 3.8) is 0 Å². The molecule has 0 fully saturated rings. The quantitative estimate of drug-likeness (QED) is 0.0633. The molecule has 0 spiro atoms. The summed E-state index contributed by atoms with van der Waals surface area (Å²) in [4.78, 5) is 23.1. The number of hydrogen-bond acceptors (Lipinski definition) is 3. The molecule has 1 N–H and O–H groups in total. The van der Waals surface area contributed by atoms with Crippen LogP contribution in [0.25, 0.3) is 0 Å². The molecule has 1 atom stereocenters. The summed E-state index contributed by atoms with van der Waals surface area (Å²) in [6, 6.07) is 0. The highest BCUT2D eigenvalue weighted by atomic mass is 16.5. The molecular formula is C33H60O4. The molecule has 0 bridgehead atoms. The van der Waals surface area contributed by atoms with Crippen LogP contribution in [0.15, 0.2) is 24.3 Å². The molecule has 0 heterocycles. The summed E-state index contributed by atoms with van der Waals surface area (Å²) < 4.78 is 5.91. The predicted octanol–water partition coefficient (Wildman–Crippen LogP) is 10.5. The van der Waals surface area contributed by atoms with Gasteiger partial charge in [-0.15, -0.1) is 0 Å². The summed E-state index contributed by atoms with van der Waals surface area (Å²) in [6.07, 6.45) is 34.7. The lowest BCUT2D eigenvalue weighted by atomic mass is 10.0. The van der Waals surface area contributed by atoms with Crippen molar-refractivity contribution in [3.05, 3.63) is 24.3 Å². The first kappa shape index (κ1) is 35.4. The number of carbonyl (C=O) groups is 2. The second-order valence-corrected chi connectivity index (χ2v) is 10.6. The highest BCUT2D eigenvalue weighted by Gasteiger charge is 2.14. The number of carboxylic acid groups (broad SMARTS) is 1. The van der Waals surface area contributed by atoms with Crippen molar-refractivity contribution in [2.45, 2.75) is 174 Å². The van der Waals surface area contributed by atoms with E-state index in [2.05, 4.69) is 38.2 Å². The number of carbonyl (C=O) groups excluding carboxylic acids is 1. The molecule has 0 radical (unpaired) electrons. The summed E-state index contributed by atoms with van der Waals surface area (Å²) >= 11 is 0. The van der Waals surface area contributed by atoms with Gasteiger partial charge in [0.25, 0.3) is 0 Å². The summed E-state index contributed by atoms with van der Waals surface area (Å²) in [7, 11) is 0. The lowest BCUT2D eigenvalue weighted by Crippen LogP contribution is -2.18. The smallest absolute Gasteiger partial charge is 0.306 e. The predicted molar refractivity (Wildman–Crippen MR) is 158 cm³/mol. The van der Waals surface area contributed by atoms with E-state index >= 15 is 0 Å². The Morgan fingerprint density at radius 3 is 1.70 bits per heavy atom. The van der Waals surface area contributed by atoms with E-state index in [9.17, 15) is 9.59 Å². The van der Waals surface area contributed by atoms with Crippen molar-refractivity contribution < 1.29 is 19.4 Å². The number of allylic oxidation sites excluding steroid dienone is 4. The van der Waals surface area contributed by atoms with Crippen molar-refractivity contribution in [2.24, 2.45) is 0 Å². The van der Waals surface area contributed by atoms with Crippen LogP contribution < -0.4 is 0 Å². The van der Waals surface area contributed by atoms with E-state index < -0.39 is 5.97 Å². The van der Waals surface area contributed by atoms with E-state index in [4.69, 9.17) is 9.84 Å². The van der Waals surface area contributed by atoms with Crippen molar-refractivity contribution in [3.8, 4) is 0 Å². The van der Waals surface area contributed by atoms with Crippen molar-refractivity contribution in [2.75, 3.05) is 0 Å². The minimum absolute atomic E-state index is 0.0171. The van der Waals surface area contributed by atoms with E-state index in [-0.39, 0.29) is 18.5 Å². The van der Waals surface area contributed by atoms with Crippen LogP contribution in [0.4, 0.5) is 0 Å². The molecule has 0 saturated heterocycles. The molecule has 0 aromatic rings. The van der Waals surface area contributed by atoms with Gasteiger partial charge >= 0.3 is 11.9 Å². The van der Waals surface area contributed by atoms with Gasteiger partial charge in [0, 0.05) is 12.8 Å². The lowest BCUT2D eigenvalue weighted by molar-refractivity contribution is -0.150. The van der Waals surface area contributed by atoms with Crippen LogP contribution in [0.1, 0.15) is 168 Å². The zero-order chi connectivity index (χ0) is 27.2. The fraction of sp³-hybridized carbons (Fsp3) is 0.818. The Morgan fingerprint density at radius 1 is 0.595 bits per heavy atom. The van der Waals surface area contributed by atoms with Gasteiger partial charge in [-0.1, -0.05) is 115 Å². The first-order valence-electron chi connectivity index (χ1n) is 15.8. The van der Waals surface area contributed by atoms with Crippen LogP contribution in [0.3, 0.4) is 0 Å². The number of unbranched alkanes of at least 4 members (excludes halogenated alkanes) is 15. The highest BCUT2D eigenvalue weighted by molar-refractivity contribution is 5.69. The van der Waals surface area contributed by atoms with Gasteiger partial charge < -0.3 is 9.84 Å². The van der Waals surface area contributed by atoms with Crippen LogP contribution in [0.2, 0.25) is 0 Å². The van der Waals surface area contributed by atoms with Gasteiger partial charge in [-0.25, -0.2) is 0 Å². The molecular weight excluding hydrogens is 460 g/mol. The van der Waals surface area contributed by atoms with Gasteiger partial charge in [-0.2, -0.15) is 0 Å². The minimum Gasteiger partial charge on any atom is -0.481 e. The van der Waals surface area contributed by atoms with E-state index in [1.807, 2.05) is 0 Å². The molecule has 0 amide bonds. The fourth-order valence-corrected chi connectivity index (χ4v) is 4.57. The average molecular weight is 521 g/mol. The molecule has 0 aliphatic rings. The van der Waals surface area contributed by atoms with Crippen LogP contribution in [-0.4, -0.2) is 23.1 Å². The summed E-state index contributed by atoms with van der Waals surface area (Å²) in [5.74, 6) is -0.721. The van der Waals surface area contributed by atoms with Crippen molar-refractivity contribution in [1.82, 2.24) is 0 Å². The number of ether oxygens (including phenoxy) is 1. The molecule has 0 rings (SSSR count). The lowest BCUT2D eigenvalue weighted by Gasteiger charge is -2.18. The Kier molecular flexibility index (Phi) is 27.7. The first-order chi connectivity index (χ1) is 18.1. The molecule has 4 heteroatoms. The van der Waals surface area contributed by atoms with E-state index in [0.29, 0.717) is 6.42 Å². The zero-order valence-corrected chi connectivity index (χ0v) is 24.5. The number of rotatable bonds is 28. The highest BCUT2D eigenvalue weighted by Crippen LogP contribution is 2.18. The molecule has 0 aliphatic carbocycles. The second kappa shape index (κ2) is 29.0. The van der Waals surface area contributed by atoms with E-state index in [1.165, 1.54) is 64.2 Å². The van der Waals surface area contributed by atoms with Crippen molar-refractivity contribution in [1.29, 1.82) is 0 Å². The Bertz CT molecular complexity index is 567. The molecule has 37 heavy (non-hydrogen) atoms. The van der Waals surface area contributed by atoms with E-state index in [1.54, 1.807) is 0 Å². The maximum absolute atomic E-state index is 12.5. The molecule has 1 unspecified atom stereocenters. The van der Waals surface area contributed by atoms with E-state index in [0.717, 1.165) is 77.0 Å². The maximum atomic E-state index is 12.5. The number of esters is 1. The molecule has 0 aliphatic heterocycles. The van der Waals surface area contributed by atoms with Crippen LogP contribution in [0.5, 0.6) is 0 Å². The third-order valence-corrected chi connectivity index (χ3v) is 6.91. The third-order valence-electron chi connectivity index (χ3n) is 6.91. The van der Waals surface area contributed by atoms with Gasteiger partial charge in [-0.05, 0) is 64.2 Å². The minimum atomic E-state index is -0.704. The summed E-state index contributed by atoms with van der Waals surface area (Å²) in [5, 5.41) is 8.74. The fourth-order valence-electron chi connectivity index (χ4n) is 4.57. The van der Waals surface area contributed by atoms with Gasteiger partial charge in [0.2, 0.25) is 0 Å². The molecule has 4 nitrogen and oxygen atoms in total. The number of aliphatic carboxylic acids is 1. The summed E-state index contributed by atoms with van der Waals surface area (Å²) in [6.45, 7) is 4.44. The number of carboxylic acids is 1. The van der Waals surface area contributed by atoms with Crippen LogP contribution >= 0.6 is 0 Å². The normalized spacial score (nSPS) is 12.5. The maximum Gasteiger partial charge on any atom is 0.306 e.